The van der Waals surface area contributed by atoms with Crippen molar-refractivity contribution in [1.29, 1.82) is 0 Å². The number of thiophene rings is 1. The fraction of sp³-hybridized carbons (Fsp3) is 0.227. The van der Waals surface area contributed by atoms with Gasteiger partial charge in [0.1, 0.15) is 5.25 Å². The molecular weight excluding hydrogens is 438 g/mol. The maximum Gasteiger partial charge on any atom is 0.251 e. The molecule has 2 aromatic carbocycles. The van der Waals surface area contributed by atoms with Crippen molar-refractivity contribution in [2.45, 2.75) is 10.1 Å². The molecule has 1 heterocycles. The van der Waals surface area contributed by atoms with Gasteiger partial charge < -0.3 is 19.5 Å². The maximum atomic E-state index is 13.3. The predicted octanol–water partition coefficient (Wildman–Crippen LogP) is 3.72. The minimum atomic E-state index is -3.71. The van der Waals surface area contributed by atoms with E-state index in [1.165, 1.54) is 44.8 Å². The number of hydrogen-bond acceptors (Lipinski definition) is 7. The molecule has 0 aliphatic rings. The zero-order chi connectivity index (χ0) is 22.4. The molecule has 1 aromatic heterocycles. The smallest absolute Gasteiger partial charge is 0.251 e. The first-order chi connectivity index (χ1) is 14.9. The number of carbonyl (C=O) groups is 1. The Hall–Kier alpha value is -3.04. The molecule has 9 heteroatoms. The van der Waals surface area contributed by atoms with E-state index in [0.717, 1.165) is 0 Å². The molecule has 1 amide bonds. The SMILES string of the molecule is COc1cc(C(=O)NC[C@@H](c2cccs2)S(=O)(=O)c2ccccc2)cc(OC)c1OC. The van der Waals surface area contributed by atoms with Crippen LogP contribution in [0.25, 0.3) is 0 Å². The van der Waals surface area contributed by atoms with Crippen molar-refractivity contribution >= 4 is 27.1 Å². The predicted molar refractivity (Wildman–Crippen MR) is 119 cm³/mol. The minimum absolute atomic E-state index is 0.0900. The summed E-state index contributed by atoms with van der Waals surface area (Å²) in [5.74, 6) is 0.575. The fourth-order valence-corrected chi connectivity index (χ4v) is 5.92. The molecule has 0 unspecified atom stereocenters. The van der Waals surface area contributed by atoms with E-state index in [-0.39, 0.29) is 17.0 Å². The molecule has 0 bridgehead atoms. The largest absolute Gasteiger partial charge is 0.493 e. The van der Waals surface area contributed by atoms with Crippen LogP contribution >= 0.6 is 11.3 Å². The second kappa shape index (κ2) is 9.84. The standard InChI is InChI=1S/C22H23NO6S2/c1-27-17-12-15(13-18(28-2)21(17)29-3)22(24)23-14-20(19-10-7-11-30-19)31(25,26)16-8-5-4-6-9-16/h4-13,20H,14H2,1-3H3,(H,23,24)/t20-/m0/s1. The molecule has 3 rings (SSSR count). The summed E-state index contributed by atoms with van der Waals surface area (Å²) in [4.78, 5) is 13.7. The Balaban J connectivity index is 1.89. The Labute approximate surface area is 185 Å². The van der Waals surface area contributed by atoms with Crippen molar-refractivity contribution in [3.8, 4) is 17.2 Å². The third-order valence-electron chi connectivity index (χ3n) is 4.68. The van der Waals surface area contributed by atoms with E-state index in [1.807, 2.05) is 5.38 Å². The molecular formula is C22H23NO6S2. The summed E-state index contributed by atoms with van der Waals surface area (Å²) in [6, 6.07) is 14.8. The van der Waals surface area contributed by atoms with Gasteiger partial charge in [0.25, 0.3) is 5.91 Å². The molecule has 0 radical (unpaired) electrons. The number of sulfone groups is 1. The van der Waals surface area contributed by atoms with Gasteiger partial charge >= 0.3 is 0 Å². The molecule has 0 fully saturated rings. The van der Waals surface area contributed by atoms with E-state index >= 15 is 0 Å². The Morgan fingerprint density at radius 3 is 2.13 bits per heavy atom. The van der Waals surface area contributed by atoms with Crippen molar-refractivity contribution in [2.24, 2.45) is 0 Å². The Kier molecular flexibility index (Phi) is 7.19. The van der Waals surface area contributed by atoms with Gasteiger partial charge in [-0.3, -0.25) is 4.79 Å². The molecule has 0 saturated carbocycles. The molecule has 1 N–H and O–H groups in total. The molecule has 7 nitrogen and oxygen atoms in total. The Bertz CT molecular complexity index is 1100. The topological polar surface area (TPSA) is 90.9 Å². The summed E-state index contributed by atoms with van der Waals surface area (Å²) in [6.07, 6.45) is 0. The van der Waals surface area contributed by atoms with Gasteiger partial charge in [0.2, 0.25) is 5.75 Å². The Morgan fingerprint density at radius 1 is 0.968 bits per heavy atom. The van der Waals surface area contributed by atoms with Crippen LogP contribution in [-0.2, 0) is 9.84 Å². The van der Waals surface area contributed by atoms with Gasteiger partial charge in [-0.15, -0.1) is 11.3 Å². The van der Waals surface area contributed by atoms with E-state index in [4.69, 9.17) is 14.2 Å². The number of nitrogens with one attached hydrogen (secondary N) is 1. The zero-order valence-electron chi connectivity index (χ0n) is 17.3. The number of amides is 1. The third kappa shape index (κ3) is 4.83. The van der Waals surface area contributed by atoms with E-state index in [9.17, 15) is 13.2 Å². The van der Waals surface area contributed by atoms with Crippen molar-refractivity contribution in [3.05, 3.63) is 70.4 Å². The van der Waals surface area contributed by atoms with Crippen LogP contribution in [-0.4, -0.2) is 42.2 Å². The maximum absolute atomic E-state index is 13.3. The Morgan fingerprint density at radius 2 is 1.61 bits per heavy atom. The monoisotopic (exact) mass is 461 g/mol. The zero-order valence-corrected chi connectivity index (χ0v) is 19.0. The second-order valence-corrected chi connectivity index (χ2v) is 9.60. The first-order valence-corrected chi connectivity index (χ1v) is 11.8. The highest BCUT2D eigenvalue weighted by Crippen LogP contribution is 2.38. The van der Waals surface area contributed by atoms with E-state index < -0.39 is 21.0 Å². The molecule has 0 spiro atoms. The van der Waals surface area contributed by atoms with E-state index in [2.05, 4.69) is 5.32 Å². The summed E-state index contributed by atoms with van der Waals surface area (Å²) in [5.41, 5.74) is 0.261. The number of rotatable bonds is 9. The summed E-state index contributed by atoms with van der Waals surface area (Å²) in [7, 11) is 0.674. The lowest BCUT2D eigenvalue weighted by molar-refractivity contribution is 0.0953. The van der Waals surface area contributed by atoms with Crippen molar-refractivity contribution in [1.82, 2.24) is 5.32 Å². The van der Waals surface area contributed by atoms with Gasteiger partial charge in [-0.25, -0.2) is 8.42 Å². The normalized spacial score (nSPS) is 12.1. The highest BCUT2D eigenvalue weighted by Gasteiger charge is 2.30. The molecule has 164 valence electrons. The van der Waals surface area contributed by atoms with Gasteiger partial charge in [0.05, 0.1) is 26.2 Å². The van der Waals surface area contributed by atoms with E-state index in [0.29, 0.717) is 22.1 Å². The number of ether oxygens (including phenoxy) is 3. The highest BCUT2D eigenvalue weighted by atomic mass is 32.2. The average Bonchev–Trinajstić information content (AvgIpc) is 3.32. The van der Waals surface area contributed by atoms with Crippen molar-refractivity contribution in [3.63, 3.8) is 0 Å². The first kappa shape index (κ1) is 22.6. The first-order valence-electron chi connectivity index (χ1n) is 9.33. The quantitative estimate of drug-likeness (QED) is 0.522. The number of benzene rings is 2. The average molecular weight is 462 g/mol. The molecule has 31 heavy (non-hydrogen) atoms. The van der Waals surface area contributed by atoms with Gasteiger partial charge in [-0.2, -0.15) is 0 Å². The van der Waals surface area contributed by atoms with Crippen LogP contribution < -0.4 is 19.5 Å². The van der Waals surface area contributed by atoms with E-state index in [1.54, 1.807) is 42.5 Å². The third-order valence-corrected chi connectivity index (χ3v) is 7.92. The fourth-order valence-electron chi connectivity index (χ4n) is 3.11. The van der Waals surface area contributed by atoms with Crippen molar-refractivity contribution in [2.75, 3.05) is 27.9 Å². The van der Waals surface area contributed by atoms with Gasteiger partial charge in [0, 0.05) is 17.0 Å². The molecule has 1 atom stereocenters. The lowest BCUT2D eigenvalue weighted by Gasteiger charge is -2.18. The second-order valence-electron chi connectivity index (χ2n) is 6.49. The van der Waals surface area contributed by atoms with Crippen LogP contribution in [0.4, 0.5) is 0 Å². The summed E-state index contributed by atoms with van der Waals surface area (Å²) in [6.45, 7) is -0.0900. The minimum Gasteiger partial charge on any atom is -0.493 e. The van der Waals surface area contributed by atoms with Crippen molar-refractivity contribution < 1.29 is 27.4 Å². The van der Waals surface area contributed by atoms with Crippen LogP contribution in [0.1, 0.15) is 20.5 Å². The number of hydrogen-bond donors (Lipinski definition) is 1. The van der Waals surface area contributed by atoms with Crippen LogP contribution in [0.5, 0.6) is 17.2 Å². The summed E-state index contributed by atoms with van der Waals surface area (Å²) >= 11 is 1.33. The van der Waals surface area contributed by atoms with Crippen LogP contribution in [0.2, 0.25) is 0 Å². The summed E-state index contributed by atoms with van der Waals surface area (Å²) in [5, 5.41) is 3.63. The van der Waals surface area contributed by atoms with Gasteiger partial charge in [0.15, 0.2) is 21.3 Å². The van der Waals surface area contributed by atoms with Crippen LogP contribution in [0.3, 0.4) is 0 Å². The molecule has 3 aromatic rings. The van der Waals surface area contributed by atoms with Gasteiger partial charge in [-0.05, 0) is 35.7 Å². The molecule has 0 aliphatic heterocycles. The highest BCUT2D eigenvalue weighted by molar-refractivity contribution is 7.91. The van der Waals surface area contributed by atoms with Crippen LogP contribution in [0, 0.1) is 0 Å². The number of methoxy groups -OCH3 is 3. The van der Waals surface area contributed by atoms with Crippen LogP contribution in [0.15, 0.2) is 64.9 Å². The molecule has 0 aliphatic carbocycles. The molecule has 0 saturated heterocycles. The lowest BCUT2D eigenvalue weighted by atomic mass is 10.1. The van der Waals surface area contributed by atoms with Gasteiger partial charge in [-0.1, -0.05) is 24.3 Å². The lowest BCUT2D eigenvalue weighted by Crippen LogP contribution is -2.31. The number of carbonyl (C=O) groups excluding carboxylic acids is 1. The summed E-state index contributed by atoms with van der Waals surface area (Å²) < 4.78 is 42.4.